The predicted octanol–water partition coefficient (Wildman–Crippen LogP) is 3.14. The van der Waals surface area contributed by atoms with Crippen molar-refractivity contribution in [1.82, 2.24) is 4.98 Å². The fraction of sp³-hybridized carbons (Fsp3) is 0.0769. The van der Waals surface area contributed by atoms with Crippen molar-refractivity contribution in [2.45, 2.75) is 6.92 Å². The van der Waals surface area contributed by atoms with E-state index in [0.717, 1.165) is 16.7 Å². The van der Waals surface area contributed by atoms with E-state index in [-0.39, 0.29) is 5.78 Å². The molecule has 0 amide bonds. The summed E-state index contributed by atoms with van der Waals surface area (Å²) < 4.78 is 5.52. The van der Waals surface area contributed by atoms with E-state index in [0.29, 0.717) is 11.1 Å². The molecular formula is C13H9NO2. The van der Waals surface area contributed by atoms with Crippen molar-refractivity contribution in [2.24, 2.45) is 0 Å². The first-order valence-corrected chi connectivity index (χ1v) is 5.03. The molecule has 0 unspecified atom stereocenters. The number of Topliss-reactive ketones (excluding diaryl/α,β-unsaturated/α-hetero) is 1. The van der Waals surface area contributed by atoms with Gasteiger partial charge in [-0.1, -0.05) is 0 Å². The molecule has 0 N–H and O–H groups in total. The normalized spacial score (nSPS) is 11.1. The standard InChI is InChI=1S/C13H9NO2/c1-8(15)12-10-2-3-11(16-10)13(12)9-4-6-14-7-5-9/h2-7H,1H3. The van der Waals surface area contributed by atoms with E-state index in [9.17, 15) is 4.79 Å². The number of pyridine rings is 1. The SMILES string of the molecule is CC(=O)c1c(-c2ccncc2)c2ccc1o2. The summed E-state index contributed by atoms with van der Waals surface area (Å²) in [7, 11) is 0. The summed E-state index contributed by atoms with van der Waals surface area (Å²) in [4.78, 5) is 15.6. The average Bonchev–Trinajstić information content (AvgIpc) is 2.89. The quantitative estimate of drug-likeness (QED) is 0.611. The maximum atomic E-state index is 11.6. The molecule has 0 saturated carbocycles. The molecule has 0 aliphatic heterocycles. The molecule has 3 nitrogen and oxygen atoms in total. The van der Waals surface area contributed by atoms with E-state index in [1.807, 2.05) is 24.3 Å². The van der Waals surface area contributed by atoms with Gasteiger partial charge in [0.2, 0.25) is 0 Å². The summed E-state index contributed by atoms with van der Waals surface area (Å²) in [5, 5.41) is 0. The van der Waals surface area contributed by atoms with Gasteiger partial charge in [0.15, 0.2) is 5.78 Å². The van der Waals surface area contributed by atoms with Gasteiger partial charge in [-0.3, -0.25) is 9.78 Å². The molecule has 0 aliphatic carbocycles. The lowest BCUT2D eigenvalue weighted by Crippen LogP contribution is -1.94. The predicted molar refractivity (Wildman–Crippen MR) is 60.6 cm³/mol. The highest BCUT2D eigenvalue weighted by molar-refractivity contribution is 6.11. The molecular weight excluding hydrogens is 202 g/mol. The van der Waals surface area contributed by atoms with Crippen LogP contribution in [0, 0.1) is 0 Å². The van der Waals surface area contributed by atoms with Crippen molar-refractivity contribution >= 4 is 16.9 Å². The number of ketones is 1. The van der Waals surface area contributed by atoms with E-state index in [1.54, 1.807) is 19.3 Å². The third-order valence-corrected chi connectivity index (χ3v) is 2.67. The molecule has 0 saturated heterocycles. The van der Waals surface area contributed by atoms with E-state index >= 15 is 0 Å². The zero-order chi connectivity index (χ0) is 11.1. The van der Waals surface area contributed by atoms with Gasteiger partial charge in [-0.25, -0.2) is 0 Å². The lowest BCUT2D eigenvalue weighted by atomic mass is 9.98. The molecule has 0 radical (unpaired) electrons. The van der Waals surface area contributed by atoms with Gasteiger partial charge in [0.05, 0.1) is 5.56 Å². The third kappa shape index (κ3) is 1.15. The minimum absolute atomic E-state index is 0.0289. The zero-order valence-electron chi connectivity index (χ0n) is 8.73. The van der Waals surface area contributed by atoms with E-state index in [1.165, 1.54) is 0 Å². The number of benzene rings is 1. The van der Waals surface area contributed by atoms with Crippen LogP contribution in [0.2, 0.25) is 0 Å². The number of carbonyl (C=O) groups is 1. The minimum atomic E-state index is 0.0289. The topological polar surface area (TPSA) is 43.1 Å². The van der Waals surface area contributed by atoms with Crippen LogP contribution in [0.4, 0.5) is 0 Å². The Morgan fingerprint density at radius 3 is 2.50 bits per heavy atom. The number of hydrogen-bond donors (Lipinski definition) is 0. The maximum absolute atomic E-state index is 11.6. The van der Waals surface area contributed by atoms with Crippen molar-refractivity contribution in [2.75, 3.05) is 0 Å². The molecule has 0 aromatic carbocycles. The number of rotatable bonds is 2. The van der Waals surface area contributed by atoms with Gasteiger partial charge in [0, 0.05) is 18.0 Å². The fourth-order valence-electron chi connectivity index (χ4n) is 2.01. The van der Waals surface area contributed by atoms with Crippen molar-refractivity contribution in [3.63, 3.8) is 0 Å². The second-order valence-corrected chi connectivity index (χ2v) is 3.71. The first-order valence-electron chi connectivity index (χ1n) is 5.03. The molecule has 0 aliphatic rings. The van der Waals surface area contributed by atoms with Gasteiger partial charge in [0.25, 0.3) is 0 Å². The van der Waals surface area contributed by atoms with Gasteiger partial charge >= 0.3 is 0 Å². The molecule has 3 rings (SSSR count). The van der Waals surface area contributed by atoms with Gasteiger partial charge in [-0.2, -0.15) is 0 Å². The van der Waals surface area contributed by atoms with Crippen molar-refractivity contribution < 1.29 is 9.21 Å². The number of fused-ring (bicyclic) bond motifs is 2. The second kappa shape index (κ2) is 3.17. The van der Waals surface area contributed by atoms with Crippen molar-refractivity contribution in [3.05, 3.63) is 42.2 Å². The summed E-state index contributed by atoms with van der Waals surface area (Å²) in [5.74, 6) is 0.0289. The molecule has 0 spiro atoms. The highest BCUT2D eigenvalue weighted by atomic mass is 16.3. The Balaban J connectivity index is 2.33. The summed E-state index contributed by atoms with van der Waals surface area (Å²) in [6.07, 6.45) is 3.42. The molecule has 78 valence electrons. The maximum Gasteiger partial charge on any atom is 0.164 e. The number of aromatic nitrogens is 1. The molecule has 2 bridgehead atoms. The molecule has 0 atom stereocenters. The van der Waals surface area contributed by atoms with Gasteiger partial charge in [-0.15, -0.1) is 0 Å². The van der Waals surface area contributed by atoms with Crippen LogP contribution < -0.4 is 0 Å². The average molecular weight is 211 g/mol. The van der Waals surface area contributed by atoms with E-state index in [2.05, 4.69) is 4.98 Å². The number of furan rings is 2. The molecule has 3 heteroatoms. The largest absolute Gasteiger partial charge is 0.456 e. The zero-order valence-corrected chi connectivity index (χ0v) is 8.73. The van der Waals surface area contributed by atoms with Crippen LogP contribution in [-0.2, 0) is 0 Å². The Hall–Kier alpha value is -2.16. The van der Waals surface area contributed by atoms with E-state index in [4.69, 9.17) is 4.42 Å². The summed E-state index contributed by atoms with van der Waals surface area (Å²) in [6.45, 7) is 1.56. The molecule has 16 heavy (non-hydrogen) atoms. The van der Waals surface area contributed by atoms with Crippen LogP contribution in [0.3, 0.4) is 0 Å². The summed E-state index contributed by atoms with van der Waals surface area (Å²) in [6, 6.07) is 7.47. The first-order chi connectivity index (χ1) is 7.77. The smallest absolute Gasteiger partial charge is 0.164 e. The highest BCUT2D eigenvalue weighted by Crippen LogP contribution is 2.36. The van der Waals surface area contributed by atoms with Gasteiger partial charge in [-0.05, 0) is 36.8 Å². The number of carbonyl (C=O) groups excluding carboxylic acids is 1. The van der Waals surface area contributed by atoms with Gasteiger partial charge in [0.1, 0.15) is 11.2 Å². The Bertz CT molecular complexity index is 640. The molecule has 3 heterocycles. The van der Waals surface area contributed by atoms with Crippen molar-refractivity contribution in [1.29, 1.82) is 0 Å². The Morgan fingerprint density at radius 2 is 1.81 bits per heavy atom. The fourth-order valence-corrected chi connectivity index (χ4v) is 2.01. The second-order valence-electron chi connectivity index (χ2n) is 3.71. The monoisotopic (exact) mass is 211 g/mol. The van der Waals surface area contributed by atoms with Crippen molar-refractivity contribution in [3.8, 4) is 11.1 Å². The number of nitrogens with zero attached hydrogens (tertiary/aromatic N) is 1. The van der Waals surface area contributed by atoms with E-state index < -0.39 is 0 Å². The Labute approximate surface area is 92.1 Å². The van der Waals surface area contributed by atoms with Crippen LogP contribution in [0.15, 0.2) is 41.1 Å². The van der Waals surface area contributed by atoms with Crippen LogP contribution in [0.5, 0.6) is 0 Å². The van der Waals surface area contributed by atoms with Crippen LogP contribution in [-0.4, -0.2) is 10.8 Å². The summed E-state index contributed by atoms with van der Waals surface area (Å²) in [5.41, 5.74) is 3.94. The lowest BCUT2D eigenvalue weighted by molar-refractivity contribution is 0.101. The summed E-state index contributed by atoms with van der Waals surface area (Å²) >= 11 is 0. The molecule has 3 aromatic heterocycles. The van der Waals surface area contributed by atoms with Crippen LogP contribution >= 0.6 is 0 Å². The lowest BCUT2D eigenvalue weighted by Gasteiger charge is -2.01. The number of hydrogen-bond acceptors (Lipinski definition) is 3. The first kappa shape index (κ1) is 9.09. The van der Waals surface area contributed by atoms with Crippen LogP contribution in [0.1, 0.15) is 17.3 Å². The molecule has 3 aromatic rings. The minimum Gasteiger partial charge on any atom is -0.456 e. The Kier molecular flexibility index (Phi) is 1.80. The van der Waals surface area contributed by atoms with Crippen LogP contribution in [0.25, 0.3) is 22.3 Å². The Morgan fingerprint density at radius 1 is 1.12 bits per heavy atom. The third-order valence-electron chi connectivity index (χ3n) is 2.67. The highest BCUT2D eigenvalue weighted by Gasteiger charge is 2.20. The van der Waals surface area contributed by atoms with Gasteiger partial charge < -0.3 is 4.42 Å². The molecule has 0 fully saturated rings.